The summed E-state index contributed by atoms with van der Waals surface area (Å²) in [5.74, 6) is 1.66. The van der Waals surface area contributed by atoms with Gasteiger partial charge in [0.2, 0.25) is 0 Å². The van der Waals surface area contributed by atoms with Crippen LogP contribution in [-0.4, -0.2) is 26.7 Å². The van der Waals surface area contributed by atoms with Crippen molar-refractivity contribution in [1.29, 1.82) is 0 Å². The molecule has 0 bridgehead atoms. The quantitative estimate of drug-likeness (QED) is 0.352. The lowest BCUT2D eigenvalue weighted by Gasteiger charge is -2.14. The fourth-order valence-electron chi connectivity index (χ4n) is 2.45. The van der Waals surface area contributed by atoms with Crippen LogP contribution in [0.1, 0.15) is 23.6 Å². The smallest absolute Gasteiger partial charge is 0.191 e. The highest BCUT2D eigenvalue weighted by Gasteiger charge is 2.04. The lowest BCUT2D eigenvalue weighted by Crippen LogP contribution is -2.36. The molecule has 26 heavy (non-hydrogen) atoms. The molecular formula is C20H28IN3O2. The van der Waals surface area contributed by atoms with Crippen molar-refractivity contribution in [1.82, 2.24) is 10.6 Å². The minimum atomic E-state index is 0. The second kappa shape index (κ2) is 12.5. The molecule has 0 amide bonds. The molecule has 0 atom stereocenters. The summed E-state index contributed by atoms with van der Waals surface area (Å²) in [6.45, 7) is 4.64. The Balaban J connectivity index is 0.00000338. The van der Waals surface area contributed by atoms with E-state index in [0.29, 0.717) is 26.3 Å². The van der Waals surface area contributed by atoms with E-state index in [0.717, 1.165) is 17.3 Å². The molecule has 6 heteroatoms. The monoisotopic (exact) mass is 469 g/mol. The van der Waals surface area contributed by atoms with E-state index in [1.54, 1.807) is 14.2 Å². The molecule has 0 aliphatic heterocycles. The Kier molecular flexibility index (Phi) is 10.7. The molecule has 0 saturated carbocycles. The molecule has 0 fully saturated rings. The average molecular weight is 469 g/mol. The molecule has 142 valence electrons. The van der Waals surface area contributed by atoms with E-state index in [9.17, 15) is 0 Å². The summed E-state index contributed by atoms with van der Waals surface area (Å²) >= 11 is 0. The lowest BCUT2D eigenvalue weighted by molar-refractivity contribution is 0.185. The highest BCUT2D eigenvalue weighted by Crippen LogP contribution is 2.17. The Morgan fingerprint density at radius 3 is 2.27 bits per heavy atom. The molecule has 0 unspecified atom stereocenters. The van der Waals surface area contributed by atoms with Crippen LogP contribution in [0.25, 0.3) is 0 Å². The molecule has 2 rings (SSSR count). The number of aliphatic imine (C=N–C) groups is 1. The topological polar surface area (TPSA) is 54.9 Å². The Morgan fingerprint density at radius 1 is 0.962 bits per heavy atom. The molecule has 0 heterocycles. The van der Waals surface area contributed by atoms with Crippen molar-refractivity contribution in [3.05, 3.63) is 65.2 Å². The van der Waals surface area contributed by atoms with Gasteiger partial charge in [-0.2, -0.15) is 0 Å². The third kappa shape index (κ3) is 7.21. The first-order chi connectivity index (χ1) is 12.3. The van der Waals surface area contributed by atoms with Crippen molar-refractivity contribution in [3.63, 3.8) is 0 Å². The minimum absolute atomic E-state index is 0. The van der Waals surface area contributed by atoms with Crippen LogP contribution in [0.3, 0.4) is 0 Å². The maximum absolute atomic E-state index is 5.65. The Bertz CT molecular complexity index is 675. The second-order valence-corrected chi connectivity index (χ2v) is 5.57. The summed E-state index contributed by atoms with van der Waals surface area (Å²) in [5, 5.41) is 6.65. The van der Waals surface area contributed by atoms with Crippen LogP contribution in [0.2, 0.25) is 0 Å². The number of hydrogen-bond acceptors (Lipinski definition) is 3. The van der Waals surface area contributed by atoms with E-state index in [1.165, 1.54) is 11.1 Å². The molecule has 2 aromatic rings. The van der Waals surface area contributed by atoms with Gasteiger partial charge < -0.3 is 20.1 Å². The standard InChI is InChI=1S/C20H27N3O2.HI/c1-4-25-19-8-6-5-7-18(19)14-23-20(21-2)22-13-16-9-11-17(12-10-16)15-24-3;/h5-12H,4,13-15H2,1-3H3,(H2,21,22,23);1H. The zero-order valence-corrected chi connectivity index (χ0v) is 17.9. The average Bonchev–Trinajstić information content (AvgIpc) is 2.65. The maximum atomic E-state index is 5.65. The van der Waals surface area contributed by atoms with Crippen molar-refractivity contribution in [3.8, 4) is 5.75 Å². The van der Waals surface area contributed by atoms with Crippen LogP contribution in [0.15, 0.2) is 53.5 Å². The number of methoxy groups -OCH3 is 1. The number of guanidine groups is 1. The minimum Gasteiger partial charge on any atom is -0.494 e. The number of benzene rings is 2. The van der Waals surface area contributed by atoms with Gasteiger partial charge in [-0.25, -0.2) is 0 Å². The predicted octanol–water partition coefficient (Wildman–Crippen LogP) is 3.71. The van der Waals surface area contributed by atoms with E-state index in [4.69, 9.17) is 9.47 Å². The van der Waals surface area contributed by atoms with Crippen molar-refractivity contribution < 1.29 is 9.47 Å². The van der Waals surface area contributed by atoms with Crippen LogP contribution >= 0.6 is 24.0 Å². The third-order valence-corrected chi connectivity index (χ3v) is 3.74. The van der Waals surface area contributed by atoms with Gasteiger partial charge in [-0.3, -0.25) is 4.99 Å². The predicted molar refractivity (Wildman–Crippen MR) is 117 cm³/mol. The first kappa shape index (κ1) is 22.2. The van der Waals surface area contributed by atoms with E-state index in [1.807, 2.05) is 25.1 Å². The Labute approximate surface area is 173 Å². The number of para-hydroxylation sites is 1. The van der Waals surface area contributed by atoms with Gasteiger partial charge in [-0.1, -0.05) is 42.5 Å². The first-order valence-corrected chi connectivity index (χ1v) is 8.48. The summed E-state index contributed by atoms with van der Waals surface area (Å²) in [4.78, 5) is 4.27. The van der Waals surface area contributed by atoms with Gasteiger partial charge in [-0.15, -0.1) is 24.0 Å². The number of rotatable bonds is 8. The summed E-state index contributed by atoms with van der Waals surface area (Å²) < 4.78 is 10.8. The number of ether oxygens (including phenoxy) is 2. The summed E-state index contributed by atoms with van der Waals surface area (Å²) in [6.07, 6.45) is 0. The molecule has 0 saturated heterocycles. The van der Waals surface area contributed by atoms with Crippen molar-refractivity contribution in [2.24, 2.45) is 4.99 Å². The SMILES string of the molecule is CCOc1ccccc1CNC(=NC)NCc1ccc(COC)cc1.I. The maximum Gasteiger partial charge on any atom is 0.191 e. The van der Waals surface area contributed by atoms with Crippen molar-refractivity contribution >= 4 is 29.9 Å². The van der Waals surface area contributed by atoms with Crippen LogP contribution in [-0.2, 0) is 24.4 Å². The highest BCUT2D eigenvalue weighted by molar-refractivity contribution is 14.0. The zero-order chi connectivity index (χ0) is 17.9. The molecule has 0 aromatic heterocycles. The fourth-order valence-corrected chi connectivity index (χ4v) is 2.45. The number of hydrogen-bond donors (Lipinski definition) is 2. The second-order valence-electron chi connectivity index (χ2n) is 5.57. The molecule has 0 spiro atoms. The normalized spacial score (nSPS) is 10.8. The number of nitrogens with zero attached hydrogens (tertiary/aromatic N) is 1. The van der Waals surface area contributed by atoms with Crippen LogP contribution in [0, 0.1) is 0 Å². The fraction of sp³-hybridized carbons (Fsp3) is 0.350. The van der Waals surface area contributed by atoms with Crippen LogP contribution in [0.5, 0.6) is 5.75 Å². The molecule has 2 aromatic carbocycles. The molecule has 0 aliphatic rings. The zero-order valence-electron chi connectivity index (χ0n) is 15.6. The van der Waals surface area contributed by atoms with Crippen LogP contribution in [0.4, 0.5) is 0 Å². The lowest BCUT2D eigenvalue weighted by atomic mass is 10.1. The largest absolute Gasteiger partial charge is 0.494 e. The van der Waals surface area contributed by atoms with Gasteiger partial charge in [0.1, 0.15) is 5.75 Å². The summed E-state index contributed by atoms with van der Waals surface area (Å²) in [7, 11) is 3.47. The van der Waals surface area contributed by atoms with E-state index < -0.39 is 0 Å². The van der Waals surface area contributed by atoms with Crippen LogP contribution < -0.4 is 15.4 Å². The summed E-state index contributed by atoms with van der Waals surface area (Å²) in [6, 6.07) is 16.4. The Morgan fingerprint density at radius 2 is 1.62 bits per heavy atom. The number of nitrogens with one attached hydrogen (secondary N) is 2. The Hall–Kier alpha value is -1.80. The molecule has 0 aliphatic carbocycles. The molecular weight excluding hydrogens is 441 g/mol. The van der Waals surface area contributed by atoms with Gasteiger partial charge in [0.05, 0.1) is 13.2 Å². The highest BCUT2D eigenvalue weighted by atomic mass is 127. The summed E-state index contributed by atoms with van der Waals surface area (Å²) in [5.41, 5.74) is 3.47. The van der Waals surface area contributed by atoms with Gasteiger partial charge >= 0.3 is 0 Å². The molecule has 0 radical (unpaired) electrons. The molecule has 2 N–H and O–H groups in total. The van der Waals surface area contributed by atoms with Crippen molar-refractivity contribution in [2.75, 3.05) is 20.8 Å². The van der Waals surface area contributed by atoms with Gasteiger partial charge in [0.15, 0.2) is 5.96 Å². The van der Waals surface area contributed by atoms with Gasteiger partial charge in [0.25, 0.3) is 0 Å². The third-order valence-electron chi connectivity index (χ3n) is 3.74. The van der Waals surface area contributed by atoms with E-state index in [-0.39, 0.29) is 24.0 Å². The van der Waals surface area contributed by atoms with E-state index in [2.05, 4.69) is 46.0 Å². The first-order valence-electron chi connectivity index (χ1n) is 8.48. The molecule has 5 nitrogen and oxygen atoms in total. The van der Waals surface area contributed by atoms with Gasteiger partial charge in [0, 0.05) is 32.8 Å². The number of halogens is 1. The van der Waals surface area contributed by atoms with Gasteiger partial charge in [-0.05, 0) is 24.1 Å². The van der Waals surface area contributed by atoms with Crippen molar-refractivity contribution in [2.45, 2.75) is 26.6 Å². The van der Waals surface area contributed by atoms with E-state index >= 15 is 0 Å².